The van der Waals surface area contributed by atoms with Gasteiger partial charge in [0.05, 0.1) is 0 Å². The zero-order valence-electron chi connectivity index (χ0n) is 13.4. The summed E-state index contributed by atoms with van der Waals surface area (Å²) < 4.78 is 0. The Kier molecular flexibility index (Phi) is 4.43. The van der Waals surface area contributed by atoms with E-state index in [2.05, 4.69) is 50.2 Å². The molecular weight excluding hydrogens is 252 g/mol. The van der Waals surface area contributed by atoms with Gasteiger partial charge in [-0.2, -0.15) is 0 Å². The first kappa shape index (κ1) is 14.4. The quantitative estimate of drug-likeness (QED) is 0.489. The van der Waals surface area contributed by atoms with Crippen molar-refractivity contribution in [2.75, 3.05) is 0 Å². The van der Waals surface area contributed by atoms with Crippen LogP contribution in [0.5, 0.6) is 0 Å². The SMILES string of the molecule is CCCCCCc1ccc2c(c1)Cc1cc(CC)ccc1-2. The summed E-state index contributed by atoms with van der Waals surface area (Å²) in [6.07, 6.45) is 8.89. The molecular formula is C21H26. The first-order chi connectivity index (χ1) is 10.3. The number of aryl methyl sites for hydroxylation is 2. The number of benzene rings is 2. The van der Waals surface area contributed by atoms with Crippen molar-refractivity contribution in [1.29, 1.82) is 0 Å². The molecule has 0 aromatic heterocycles. The third-order valence-electron chi connectivity index (χ3n) is 4.74. The second-order valence-electron chi connectivity index (χ2n) is 6.32. The Labute approximate surface area is 129 Å². The maximum atomic E-state index is 2.45. The molecule has 0 saturated carbocycles. The average molecular weight is 278 g/mol. The second kappa shape index (κ2) is 6.47. The van der Waals surface area contributed by atoms with E-state index in [1.54, 1.807) is 0 Å². The van der Waals surface area contributed by atoms with Gasteiger partial charge in [-0.05, 0) is 59.1 Å². The van der Waals surface area contributed by atoms with Crippen LogP contribution in [0, 0.1) is 0 Å². The van der Waals surface area contributed by atoms with Gasteiger partial charge in [-0.25, -0.2) is 0 Å². The van der Waals surface area contributed by atoms with E-state index in [1.807, 2.05) is 0 Å². The zero-order chi connectivity index (χ0) is 14.7. The van der Waals surface area contributed by atoms with E-state index in [0.29, 0.717) is 0 Å². The topological polar surface area (TPSA) is 0 Å². The lowest BCUT2D eigenvalue weighted by molar-refractivity contribution is 0.667. The van der Waals surface area contributed by atoms with Gasteiger partial charge in [-0.15, -0.1) is 0 Å². The van der Waals surface area contributed by atoms with Gasteiger partial charge in [0.25, 0.3) is 0 Å². The standard InChI is InChI=1S/C21H26/c1-3-5-6-7-8-17-10-12-21-19(14-17)15-18-13-16(4-2)9-11-20(18)21/h9-14H,3-8,15H2,1-2H3. The predicted octanol–water partition coefficient (Wildman–Crippen LogP) is 5.94. The molecule has 21 heavy (non-hydrogen) atoms. The Bertz CT molecular complexity index is 622. The monoisotopic (exact) mass is 278 g/mol. The van der Waals surface area contributed by atoms with Crippen molar-refractivity contribution in [2.24, 2.45) is 0 Å². The fraction of sp³-hybridized carbons (Fsp3) is 0.429. The molecule has 0 N–H and O–H groups in total. The summed E-state index contributed by atoms with van der Waals surface area (Å²) in [7, 11) is 0. The van der Waals surface area contributed by atoms with Crippen molar-refractivity contribution < 1.29 is 0 Å². The summed E-state index contributed by atoms with van der Waals surface area (Å²) >= 11 is 0. The summed E-state index contributed by atoms with van der Waals surface area (Å²) in [5, 5.41) is 0. The highest BCUT2D eigenvalue weighted by Crippen LogP contribution is 2.37. The summed E-state index contributed by atoms with van der Waals surface area (Å²) in [5.41, 5.74) is 8.96. The minimum Gasteiger partial charge on any atom is -0.0654 e. The Balaban J connectivity index is 1.76. The van der Waals surface area contributed by atoms with Crippen LogP contribution in [-0.2, 0) is 19.3 Å². The Morgan fingerprint density at radius 1 is 0.762 bits per heavy atom. The molecule has 0 fully saturated rings. The molecule has 0 radical (unpaired) electrons. The molecule has 0 nitrogen and oxygen atoms in total. The van der Waals surface area contributed by atoms with Crippen molar-refractivity contribution in [3.8, 4) is 11.1 Å². The molecule has 0 heterocycles. The molecule has 0 atom stereocenters. The van der Waals surface area contributed by atoms with Crippen molar-refractivity contribution in [1.82, 2.24) is 0 Å². The van der Waals surface area contributed by atoms with Gasteiger partial charge in [-0.3, -0.25) is 0 Å². The number of hydrogen-bond donors (Lipinski definition) is 0. The first-order valence-corrected chi connectivity index (χ1v) is 8.55. The lowest BCUT2D eigenvalue weighted by Gasteiger charge is -2.05. The third-order valence-corrected chi connectivity index (χ3v) is 4.74. The fourth-order valence-electron chi connectivity index (χ4n) is 3.45. The van der Waals surface area contributed by atoms with E-state index in [0.717, 1.165) is 12.8 Å². The summed E-state index contributed by atoms with van der Waals surface area (Å²) in [5.74, 6) is 0. The Morgan fingerprint density at radius 2 is 1.43 bits per heavy atom. The second-order valence-corrected chi connectivity index (χ2v) is 6.32. The highest BCUT2D eigenvalue weighted by Gasteiger charge is 2.18. The highest BCUT2D eigenvalue weighted by atomic mass is 14.2. The van der Waals surface area contributed by atoms with Gasteiger partial charge in [0.1, 0.15) is 0 Å². The van der Waals surface area contributed by atoms with E-state index in [9.17, 15) is 0 Å². The van der Waals surface area contributed by atoms with Crippen LogP contribution in [-0.4, -0.2) is 0 Å². The molecule has 0 bridgehead atoms. The fourth-order valence-corrected chi connectivity index (χ4v) is 3.45. The molecule has 0 amide bonds. The molecule has 1 aliphatic carbocycles. The molecule has 0 aliphatic heterocycles. The van der Waals surface area contributed by atoms with Crippen LogP contribution >= 0.6 is 0 Å². The average Bonchev–Trinajstić information content (AvgIpc) is 2.88. The molecule has 0 unspecified atom stereocenters. The number of hydrogen-bond acceptors (Lipinski definition) is 0. The first-order valence-electron chi connectivity index (χ1n) is 8.55. The van der Waals surface area contributed by atoms with Crippen LogP contribution < -0.4 is 0 Å². The van der Waals surface area contributed by atoms with Crippen molar-refractivity contribution in [2.45, 2.75) is 58.8 Å². The lowest BCUT2D eigenvalue weighted by Crippen LogP contribution is -1.89. The van der Waals surface area contributed by atoms with Crippen LogP contribution in [0.25, 0.3) is 11.1 Å². The minimum atomic E-state index is 1.13. The minimum absolute atomic E-state index is 1.13. The maximum absolute atomic E-state index is 2.45. The van der Waals surface area contributed by atoms with Crippen LogP contribution in [0.2, 0.25) is 0 Å². The van der Waals surface area contributed by atoms with Gasteiger partial charge in [0.2, 0.25) is 0 Å². The van der Waals surface area contributed by atoms with Crippen molar-refractivity contribution in [3.05, 3.63) is 58.7 Å². The van der Waals surface area contributed by atoms with Crippen LogP contribution in [0.1, 0.15) is 61.8 Å². The number of rotatable bonds is 6. The molecule has 0 spiro atoms. The van der Waals surface area contributed by atoms with Gasteiger partial charge in [0, 0.05) is 0 Å². The molecule has 0 saturated heterocycles. The van der Waals surface area contributed by atoms with Gasteiger partial charge in [-0.1, -0.05) is 69.5 Å². The predicted molar refractivity (Wildman–Crippen MR) is 91.9 cm³/mol. The normalized spacial score (nSPS) is 12.3. The van der Waals surface area contributed by atoms with E-state index in [1.165, 1.54) is 65.5 Å². The molecule has 0 heteroatoms. The summed E-state index contributed by atoms with van der Waals surface area (Å²) in [6.45, 7) is 4.51. The van der Waals surface area contributed by atoms with E-state index < -0.39 is 0 Å². The molecule has 1 aliphatic rings. The van der Waals surface area contributed by atoms with Crippen LogP contribution in [0.4, 0.5) is 0 Å². The summed E-state index contributed by atoms with van der Waals surface area (Å²) in [4.78, 5) is 0. The smallest absolute Gasteiger partial charge is 0.00133 e. The Hall–Kier alpha value is -1.56. The molecule has 2 aromatic carbocycles. The van der Waals surface area contributed by atoms with Gasteiger partial charge in [0.15, 0.2) is 0 Å². The van der Waals surface area contributed by atoms with Crippen molar-refractivity contribution in [3.63, 3.8) is 0 Å². The van der Waals surface area contributed by atoms with E-state index >= 15 is 0 Å². The van der Waals surface area contributed by atoms with Crippen LogP contribution in [0.3, 0.4) is 0 Å². The van der Waals surface area contributed by atoms with Crippen molar-refractivity contribution >= 4 is 0 Å². The van der Waals surface area contributed by atoms with Gasteiger partial charge >= 0.3 is 0 Å². The molecule has 110 valence electrons. The lowest BCUT2D eigenvalue weighted by atomic mass is 9.99. The van der Waals surface area contributed by atoms with Gasteiger partial charge < -0.3 is 0 Å². The van der Waals surface area contributed by atoms with Crippen LogP contribution in [0.15, 0.2) is 36.4 Å². The largest absolute Gasteiger partial charge is 0.0654 e. The number of unbranched alkanes of at least 4 members (excludes halogenated alkanes) is 3. The van der Waals surface area contributed by atoms with E-state index in [-0.39, 0.29) is 0 Å². The maximum Gasteiger partial charge on any atom is -0.00133 e. The molecule has 2 aromatic rings. The highest BCUT2D eigenvalue weighted by molar-refractivity contribution is 5.77. The Morgan fingerprint density at radius 3 is 2.10 bits per heavy atom. The third kappa shape index (κ3) is 3.05. The zero-order valence-corrected chi connectivity index (χ0v) is 13.4. The van der Waals surface area contributed by atoms with E-state index in [4.69, 9.17) is 0 Å². The summed E-state index contributed by atoms with van der Waals surface area (Å²) in [6, 6.07) is 14.1. The number of fused-ring (bicyclic) bond motifs is 3. The molecule has 3 rings (SSSR count).